The van der Waals surface area contributed by atoms with E-state index < -0.39 is 12.2 Å². The molecule has 1 heterocycles. The Morgan fingerprint density at radius 1 is 1.64 bits per heavy atom. The Balaban J connectivity index is 2.74. The largest absolute Gasteiger partial charge is 0.415 e. The van der Waals surface area contributed by atoms with Crippen molar-refractivity contribution in [3.05, 3.63) is 22.7 Å². The molecule has 1 aromatic heterocycles. The van der Waals surface area contributed by atoms with Gasteiger partial charge < -0.3 is 9.72 Å². The Bertz CT molecular complexity index is 266. The van der Waals surface area contributed by atoms with Gasteiger partial charge in [0.15, 0.2) is 0 Å². The van der Waals surface area contributed by atoms with Gasteiger partial charge in [-0.1, -0.05) is 0 Å². The molecule has 0 saturated carbocycles. The third-order valence-corrected chi connectivity index (χ3v) is 0.857. The summed E-state index contributed by atoms with van der Waals surface area (Å²) < 4.78 is 26.8. The summed E-state index contributed by atoms with van der Waals surface area (Å²) in [6.45, 7) is -2.92. The SMILES string of the molecule is O=c1cnc(OC(F)F)c[nH]1. The molecule has 0 aliphatic rings. The van der Waals surface area contributed by atoms with Crippen LogP contribution in [0.1, 0.15) is 0 Å². The zero-order valence-electron chi connectivity index (χ0n) is 5.25. The molecule has 60 valence electrons. The molecule has 4 nitrogen and oxygen atoms in total. The van der Waals surface area contributed by atoms with Crippen molar-refractivity contribution < 1.29 is 13.5 Å². The maximum Gasteiger partial charge on any atom is 0.388 e. The van der Waals surface area contributed by atoms with E-state index in [-0.39, 0.29) is 5.88 Å². The van der Waals surface area contributed by atoms with E-state index in [2.05, 4.69) is 14.7 Å². The van der Waals surface area contributed by atoms with Crippen LogP contribution in [-0.2, 0) is 0 Å². The zero-order chi connectivity index (χ0) is 8.27. The summed E-state index contributed by atoms with van der Waals surface area (Å²) in [5.41, 5.74) is -0.466. The number of aromatic nitrogens is 2. The predicted molar refractivity (Wildman–Crippen MR) is 31.5 cm³/mol. The van der Waals surface area contributed by atoms with Crippen LogP contribution < -0.4 is 10.3 Å². The van der Waals surface area contributed by atoms with Crippen LogP contribution in [-0.4, -0.2) is 16.6 Å². The van der Waals surface area contributed by atoms with Gasteiger partial charge in [0, 0.05) is 0 Å². The van der Waals surface area contributed by atoms with Crippen molar-refractivity contribution in [2.75, 3.05) is 0 Å². The van der Waals surface area contributed by atoms with Crippen LogP contribution in [0.5, 0.6) is 5.88 Å². The standard InChI is InChI=1S/C5H4F2N2O2/c6-5(7)11-4-2-8-3(10)1-9-4/h1-2,5H,(H,8,10). The van der Waals surface area contributed by atoms with E-state index >= 15 is 0 Å². The second-order valence-corrected chi connectivity index (χ2v) is 1.63. The molecule has 0 aliphatic heterocycles. The number of nitrogens with one attached hydrogen (secondary N) is 1. The molecule has 0 unspecified atom stereocenters. The average Bonchev–Trinajstić information content (AvgIpc) is 1.93. The quantitative estimate of drug-likeness (QED) is 0.683. The molecule has 1 aromatic rings. The average molecular weight is 162 g/mol. The first-order valence-corrected chi connectivity index (χ1v) is 2.68. The maximum absolute atomic E-state index is 11.5. The Morgan fingerprint density at radius 3 is 2.82 bits per heavy atom. The highest BCUT2D eigenvalue weighted by molar-refractivity contribution is 5.00. The molecule has 0 radical (unpaired) electrons. The van der Waals surface area contributed by atoms with Crippen molar-refractivity contribution in [3.8, 4) is 5.88 Å². The number of nitrogens with zero attached hydrogens (tertiary/aromatic N) is 1. The molecule has 6 heteroatoms. The van der Waals surface area contributed by atoms with Crippen LogP contribution in [0.2, 0.25) is 0 Å². The summed E-state index contributed by atoms with van der Waals surface area (Å²) >= 11 is 0. The lowest BCUT2D eigenvalue weighted by Gasteiger charge is -1.99. The lowest BCUT2D eigenvalue weighted by Crippen LogP contribution is -2.08. The first kappa shape index (κ1) is 7.64. The van der Waals surface area contributed by atoms with E-state index in [1.165, 1.54) is 0 Å². The predicted octanol–water partition coefficient (Wildman–Crippen LogP) is 0.371. The molecule has 1 N–H and O–H groups in total. The van der Waals surface area contributed by atoms with Gasteiger partial charge in [-0.25, -0.2) is 4.98 Å². The van der Waals surface area contributed by atoms with E-state index in [1.807, 2.05) is 0 Å². The van der Waals surface area contributed by atoms with E-state index in [4.69, 9.17) is 0 Å². The first-order chi connectivity index (χ1) is 5.18. The Kier molecular flexibility index (Phi) is 2.15. The molecule has 0 aromatic carbocycles. The third-order valence-electron chi connectivity index (χ3n) is 0.857. The zero-order valence-corrected chi connectivity index (χ0v) is 5.25. The lowest BCUT2D eigenvalue weighted by molar-refractivity contribution is -0.0531. The molecule has 1 rings (SSSR count). The molecule has 0 fully saturated rings. The summed E-state index contributed by atoms with van der Waals surface area (Å²) in [6, 6.07) is 0. The molecule has 0 spiro atoms. The lowest BCUT2D eigenvalue weighted by atomic mass is 10.7. The van der Waals surface area contributed by atoms with E-state index in [1.54, 1.807) is 0 Å². The van der Waals surface area contributed by atoms with E-state index in [9.17, 15) is 13.6 Å². The number of hydrogen-bond acceptors (Lipinski definition) is 3. The number of halogens is 2. The molecule has 11 heavy (non-hydrogen) atoms. The summed E-state index contributed by atoms with van der Waals surface area (Å²) in [7, 11) is 0. The number of hydrogen-bond donors (Lipinski definition) is 1. The fourth-order valence-corrected chi connectivity index (χ4v) is 0.485. The van der Waals surface area contributed by atoms with Gasteiger partial charge >= 0.3 is 6.61 Å². The number of aromatic amines is 1. The van der Waals surface area contributed by atoms with Gasteiger partial charge in [0.1, 0.15) is 0 Å². The normalized spacial score (nSPS) is 10.1. The molecule has 0 aliphatic carbocycles. The first-order valence-electron chi connectivity index (χ1n) is 2.68. The Hall–Kier alpha value is -1.46. The van der Waals surface area contributed by atoms with Crippen molar-refractivity contribution in [1.82, 2.24) is 9.97 Å². The van der Waals surface area contributed by atoms with Gasteiger partial charge in [-0.15, -0.1) is 0 Å². The number of H-pyrrole nitrogens is 1. The van der Waals surface area contributed by atoms with Crippen LogP contribution in [0.4, 0.5) is 8.78 Å². The van der Waals surface area contributed by atoms with Gasteiger partial charge in [0.25, 0.3) is 5.56 Å². The fraction of sp³-hybridized carbons (Fsp3) is 0.200. The maximum atomic E-state index is 11.5. The van der Waals surface area contributed by atoms with Gasteiger partial charge in [-0.2, -0.15) is 8.78 Å². The van der Waals surface area contributed by atoms with Crippen LogP contribution in [0.25, 0.3) is 0 Å². The second kappa shape index (κ2) is 3.09. The number of ether oxygens (including phenoxy) is 1. The molecular formula is C5H4F2N2O2. The monoisotopic (exact) mass is 162 g/mol. The van der Waals surface area contributed by atoms with Gasteiger partial charge in [0.05, 0.1) is 12.4 Å². The highest BCUT2D eigenvalue weighted by atomic mass is 19.3. The molecule has 0 atom stereocenters. The summed E-state index contributed by atoms with van der Waals surface area (Å²) in [6.07, 6.45) is 1.83. The topological polar surface area (TPSA) is 55.0 Å². The van der Waals surface area contributed by atoms with Crippen molar-refractivity contribution in [2.45, 2.75) is 6.61 Å². The fourth-order valence-electron chi connectivity index (χ4n) is 0.485. The smallest absolute Gasteiger partial charge is 0.388 e. The van der Waals surface area contributed by atoms with Gasteiger partial charge in [-0.3, -0.25) is 4.79 Å². The molecule has 0 amide bonds. The highest BCUT2D eigenvalue weighted by Crippen LogP contribution is 2.04. The van der Waals surface area contributed by atoms with Crippen molar-refractivity contribution in [1.29, 1.82) is 0 Å². The Morgan fingerprint density at radius 2 is 2.36 bits per heavy atom. The summed E-state index contributed by atoms with van der Waals surface area (Å²) in [4.78, 5) is 15.7. The number of alkyl halides is 2. The molecule has 0 bridgehead atoms. The minimum atomic E-state index is -2.92. The second-order valence-electron chi connectivity index (χ2n) is 1.63. The summed E-state index contributed by atoms with van der Waals surface area (Å²) in [5.74, 6) is -0.306. The minimum absolute atomic E-state index is 0.306. The van der Waals surface area contributed by atoms with Crippen LogP contribution in [0.3, 0.4) is 0 Å². The van der Waals surface area contributed by atoms with Crippen LogP contribution in [0.15, 0.2) is 17.2 Å². The number of rotatable bonds is 2. The van der Waals surface area contributed by atoms with Crippen LogP contribution in [0, 0.1) is 0 Å². The minimum Gasteiger partial charge on any atom is -0.415 e. The van der Waals surface area contributed by atoms with E-state index in [0.717, 1.165) is 12.4 Å². The van der Waals surface area contributed by atoms with Crippen molar-refractivity contribution in [3.63, 3.8) is 0 Å². The summed E-state index contributed by atoms with van der Waals surface area (Å²) in [5, 5.41) is 0. The Labute approximate surface area is 59.8 Å². The van der Waals surface area contributed by atoms with Crippen molar-refractivity contribution in [2.24, 2.45) is 0 Å². The van der Waals surface area contributed by atoms with Gasteiger partial charge in [-0.05, 0) is 0 Å². The van der Waals surface area contributed by atoms with Crippen molar-refractivity contribution >= 4 is 0 Å². The highest BCUT2D eigenvalue weighted by Gasteiger charge is 2.03. The molecule has 0 saturated heterocycles. The van der Waals surface area contributed by atoms with Crippen LogP contribution >= 0.6 is 0 Å². The van der Waals surface area contributed by atoms with Gasteiger partial charge in [0.2, 0.25) is 5.88 Å². The molecular weight excluding hydrogens is 158 g/mol. The third kappa shape index (κ3) is 2.32. The van der Waals surface area contributed by atoms with E-state index in [0.29, 0.717) is 0 Å².